The van der Waals surface area contributed by atoms with Gasteiger partial charge in [0.2, 0.25) is 0 Å². The second-order valence-corrected chi connectivity index (χ2v) is 7.19. The van der Waals surface area contributed by atoms with Crippen LogP contribution in [0.1, 0.15) is 17.2 Å². The first-order valence-corrected chi connectivity index (χ1v) is 9.40. The van der Waals surface area contributed by atoms with Crippen molar-refractivity contribution in [2.45, 2.75) is 6.04 Å². The monoisotopic (exact) mass is 434 g/mol. The number of ketones is 1. The Balaban J connectivity index is 1.94. The van der Waals surface area contributed by atoms with Crippen molar-refractivity contribution in [3.63, 3.8) is 0 Å². The van der Waals surface area contributed by atoms with E-state index in [4.69, 9.17) is 0 Å². The van der Waals surface area contributed by atoms with Crippen molar-refractivity contribution in [2.75, 3.05) is 4.90 Å². The Kier molecular flexibility index (Phi) is 4.79. The van der Waals surface area contributed by atoms with Crippen LogP contribution in [0.5, 0.6) is 0 Å². The van der Waals surface area contributed by atoms with Gasteiger partial charge < -0.3 is 5.11 Å². The fraction of sp³-hybridized carbons (Fsp3) is 0.0455. The van der Waals surface area contributed by atoms with E-state index in [-0.39, 0.29) is 11.3 Å². The smallest absolute Gasteiger partial charge is 0.301 e. The quantitative estimate of drug-likeness (QED) is 0.375. The fourth-order valence-corrected chi connectivity index (χ4v) is 3.54. The Bertz CT molecular complexity index is 1060. The number of aliphatic hydroxyl groups is 1. The highest BCUT2D eigenvalue weighted by atomic mass is 79.9. The van der Waals surface area contributed by atoms with E-state index in [0.717, 1.165) is 4.47 Å². The number of rotatable bonds is 3. The summed E-state index contributed by atoms with van der Waals surface area (Å²) in [4.78, 5) is 31.4. The van der Waals surface area contributed by atoms with E-state index in [1.54, 1.807) is 48.7 Å². The van der Waals surface area contributed by atoms with Crippen LogP contribution in [0, 0.1) is 0 Å². The first-order valence-electron chi connectivity index (χ1n) is 8.61. The maximum absolute atomic E-state index is 12.9. The molecule has 1 amide bonds. The summed E-state index contributed by atoms with van der Waals surface area (Å²) in [5, 5.41) is 10.9. The summed E-state index contributed by atoms with van der Waals surface area (Å²) < 4.78 is 0.845. The number of aromatic nitrogens is 1. The molecular weight excluding hydrogens is 420 g/mol. The van der Waals surface area contributed by atoms with Crippen LogP contribution in [0.3, 0.4) is 0 Å². The van der Waals surface area contributed by atoms with Crippen molar-refractivity contribution in [3.05, 3.63) is 100 Å². The van der Waals surface area contributed by atoms with Crippen LogP contribution in [0.4, 0.5) is 5.82 Å². The summed E-state index contributed by atoms with van der Waals surface area (Å²) in [6.07, 6.45) is 1.56. The first kappa shape index (κ1) is 18.1. The summed E-state index contributed by atoms with van der Waals surface area (Å²) in [5.74, 6) is -1.31. The Hall–Kier alpha value is -3.25. The van der Waals surface area contributed by atoms with Gasteiger partial charge in [-0.05, 0) is 29.8 Å². The molecule has 1 aliphatic rings. The Morgan fingerprint density at radius 1 is 0.929 bits per heavy atom. The third-order valence-corrected chi connectivity index (χ3v) is 5.10. The Labute approximate surface area is 170 Å². The molecule has 5 nitrogen and oxygen atoms in total. The van der Waals surface area contributed by atoms with Gasteiger partial charge in [-0.15, -0.1) is 0 Å². The molecule has 3 aromatic rings. The number of halogens is 1. The van der Waals surface area contributed by atoms with Gasteiger partial charge in [-0.3, -0.25) is 14.5 Å². The van der Waals surface area contributed by atoms with E-state index in [1.165, 1.54) is 4.90 Å². The number of hydrogen-bond donors (Lipinski definition) is 1. The molecule has 6 heteroatoms. The van der Waals surface area contributed by atoms with Crippen molar-refractivity contribution >= 4 is 39.2 Å². The fourth-order valence-electron chi connectivity index (χ4n) is 3.28. The lowest BCUT2D eigenvalue weighted by Gasteiger charge is -2.24. The van der Waals surface area contributed by atoms with Gasteiger partial charge in [0.25, 0.3) is 5.78 Å². The number of nitrogens with zero attached hydrogens (tertiary/aromatic N) is 2. The van der Waals surface area contributed by atoms with Crippen molar-refractivity contribution in [1.29, 1.82) is 0 Å². The minimum absolute atomic E-state index is 0.0455. The van der Waals surface area contributed by atoms with Crippen LogP contribution < -0.4 is 4.90 Å². The van der Waals surface area contributed by atoms with E-state index in [0.29, 0.717) is 16.9 Å². The average Bonchev–Trinajstić information content (AvgIpc) is 3.00. The van der Waals surface area contributed by atoms with E-state index in [1.807, 2.05) is 30.3 Å². The number of benzene rings is 2. The molecule has 0 spiro atoms. The van der Waals surface area contributed by atoms with Gasteiger partial charge in [0.05, 0.1) is 11.6 Å². The van der Waals surface area contributed by atoms with Crippen molar-refractivity contribution < 1.29 is 14.7 Å². The number of anilines is 1. The van der Waals surface area contributed by atoms with Crippen molar-refractivity contribution in [3.8, 4) is 0 Å². The SMILES string of the molecule is O=C1C(=O)N(c2ccccn2)[C@H](c2ccccc2)C1=C(O)c1ccc(Br)cc1. The predicted molar refractivity (Wildman–Crippen MR) is 110 cm³/mol. The maximum atomic E-state index is 12.9. The van der Waals surface area contributed by atoms with Crippen LogP contribution in [-0.2, 0) is 9.59 Å². The zero-order valence-corrected chi connectivity index (χ0v) is 16.2. The van der Waals surface area contributed by atoms with E-state index < -0.39 is 17.7 Å². The second kappa shape index (κ2) is 7.40. The van der Waals surface area contributed by atoms with Crippen molar-refractivity contribution in [2.24, 2.45) is 0 Å². The highest BCUT2D eigenvalue weighted by molar-refractivity contribution is 9.10. The lowest BCUT2D eigenvalue weighted by atomic mass is 9.95. The second-order valence-electron chi connectivity index (χ2n) is 6.27. The van der Waals surface area contributed by atoms with E-state index in [9.17, 15) is 14.7 Å². The summed E-state index contributed by atoms with van der Waals surface area (Å²) in [5.41, 5.74) is 1.22. The van der Waals surface area contributed by atoms with Gasteiger partial charge in [-0.2, -0.15) is 0 Å². The van der Waals surface area contributed by atoms with Gasteiger partial charge in [0.1, 0.15) is 11.6 Å². The van der Waals surface area contributed by atoms with E-state index in [2.05, 4.69) is 20.9 Å². The van der Waals surface area contributed by atoms with Crippen LogP contribution in [0.25, 0.3) is 5.76 Å². The lowest BCUT2D eigenvalue weighted by molar-refractivity contribution is -0.132. The number of aliphatic hydroxyl groups excluding tert-OH is 1. The molecule has 0 unspecified atom stereocenters. The molecule has 1 aromatic heterocycles. The van der Waals surface area contributed by atoms with Crippen LogP contribution in [-0.4, -0.2) is 21.8 Å². The molecule has 2 aromatic carbocycles. The van der Waals surface area contributed by atoms with Crippen LogP contribution in [0.2, 0.25) is 0 Å². The summed E-state index contributed by atoms with van der Waals surface area (Å²) in [7, 11) is 0. The summed E-state index contributed by atoms with van der Waals surface area (Å²) in [6.45, 7) is 0. The van der Waals surface area contributed by atoms with Gasteiger partial charge in [0, 0.05) is 16.2 Å². The highest BCUT2D eigenvalue weighted by Gasteiger charge is 2.47. The number of carbonyl (C=O) groups excluding carboxylic acids is 2. The standard InChI is InChI=1S/C22H15BrN2O3/c23-16-11-9-15(10-12-16)20(26)18-19(14-6-2-1-3-7-14)25(22(28)21(18)27)17-8-4-5-13-24-17/h1-13,19,26H/t19-/m1/s1. The molecule has 0 saturated carbocycles. The number of amides is 1. The zero-order chi connectivity index (χ0) is 19.7. The number of pyridine rings is 1. The summed E-state index contributed by atoms with van der Waals surface area (Å²) in [6, 6.07) is 20.4. The normalized spacial score (nSPS) is 18.5. The molecule has 0 bridgehead atoms. The van der Waals surface area contributed by atoms with Crippen LogP contribution in [0.15, 0.2) is 89.0 Å². The third kappa shape index (κ3) is 3.12. The Morgan fingerprint density at radius 3 is 2.25 bits per heavy atom. The number of hydrogen-bond acceptors (Lipinski definition) is 4. The maximum Gasteiger partial charge on any atom is 0.301 e. The summed E-state index contributed by atoms with van der Waals surface area (Å²) >= 11 is 3.35. The molecule has 138 valence electrons. The molecule has 1 saturated heterocycles. The van der Waals surface area contributed by atoms with Gasteiger partial charge in [0.15, 0.2) is 0 Å². The number of Topliss-reactive ketones (excluding diaryl/α,β-unsaturated/α-hetero) is 1. The molecule has 1 atom stereocenters. The zero-order valence-electron chi connectivity index (χ0n) is 14.6. The molecule has 28 heavy (non-hydrogen) atoms. The van der Waals surface area contributed by atoms with Crippen LogP contribution >= 0.6 is 15.9 Å². The first-order chi connectivity index (χ1) is 13.6. The third-order valence-electron chi connectivity index (χ3n) is 4.57. The minimum Gasteiger partial charge on any atom is -0.507 e. The van der Waals surface area contributed by atoms with Gasteiger partial charge >= 0.3 is 5.91 Å². The molecule has 2 heterocycles. The van der Waals surface area contributed by atoms with E-state index >= 15 is 0 Å². The molecule has 0 radical (unpaired) electrons. The van der Waals surface area contributed by atoms with Crippen molar-refractivity contribution in [1.82, 2.24) is 4.98 Å². The molecular formula is C22H15BrN2O3. The molecule has 4 rings (SSSR count). The Morgan fingerprint density at radius 2 is 1.61 bits per heavy atom. The highest BCUT2D eigenvalue weighted by Crippen LogP contribution is 2.41. The molecule has 1 N–H and O–H groups in total. The minimum atomic E-state index is -0.764. The largest absolute Gasteiger partial charge is 0.507 e. The molecule has 0 aliphatic carbocycles. The van der Waals surface area contributed by atoms with Gasteiger partial charge in [-0.25, -0.2) is 4.98 Å². The average molecular weight is 435 g/mol. The predicted octanol–water partition coefficient (Wildman–Crippen LogP) is 4.47. The molecule has 1 aliphatic heterocycles. The topological polar surface area (TPSA) is 70.5 Å². The lowest BCUT2D eigenvalue weighted by Crippen LogP contribution is -2.30. The van der Waals surface area contributed by atoms with Gasteiger partial charge in [-0.1, -0.05) is 64.5 Å². The molecule has 1 fully saturated rings. The number of carbonyl (C=O) groups is 2.